The van der Waals surface area contributed by atoms with Gasteiger partial charge in [-0.25, -0.2) is 4.39 Å². The highest BCUT2D eigenvalue weighted by atomic mass is 19.1. The first-order chi connectivity index (χ1) is 16.5. The topological polar surface area (TPSA) is 50.4 Å². The van der Waals surface area contributed by atoms with Gasteiger partial charge in [0.15, 0.2) is 0 Å². The second-order valence-electron chi connectivity index (χ2n) is 8.38. The lowest BCUT2D eigenvalue weighted by molar-refractivity contribution is 0.0962. The van der Waals surface area contributed by atoms with E-state index in [1.165, 1.54) is 22.4 Å². The number of benzene rings is 4. The van der Waals surface area contributed by atoms with Crippen molar-refractivity contribution in [3.8, 4) is 16.9 Å². The van der Waals surface area contributed by atoms with Gasteiger partial charge in [-0.2, -0.15) is 0 Å². The van der Waals surface area contributed by atoms with Crippen LogP contribution >= 0.6 is 0 Å². The van der Waals surface area contributed by atoms with E-state index in [2.05, 4.69) is 54.0 Å². The molecule has 0 aliphatic rings. The molecule has 0 radical (unpaired) electrons. The van der Waals surface area contributed by atoms with E-state index in [1.807, 2.05) is 18.2 Å². The minimum atomic E-state index is -0.281. The quantitative estimate of drug-likeness (QED) is 0.318. The molecule has 4 rings (SSSR count). The molecule has 0 unspecified atom stereocenters. The molecule has 4 nitrogen and oxygen atoms in total. The molecular weight excluding hydrogens is 427 g/mol. The van der Waals surface area contributed by atoms with E-state index in [1.54, 1.807) is 32.2 Å². The monoisotopic (exact) mass is 456 g/mol. The molecule has 34 heavy (non-hydrogen) atoms. The Bertz CT molecular complexity index is 1310. The third-order valence-corrected chi connectivity index (χ3v) is 6.01. The van der Waals surface area contributed by atoms with Gasteiger partial charge < -0.3 is 15.4 Å². The Labute approximate surface area is 199 Å². The van der Waals surface area contributed by atoms with E-state index in [4.69, 9.17) is 4.74 Å². The molecule has 0 saturated carbocycles. The maximum atomic E-state index is 14.1. The summed E-state index contributed by atoms with van der Waals surface area (Å²) >= 11 is 0. The zero-order chi connectivity index (χ0) is 24.1. The number of amides is 1. The average Bonchev–Trinajstić information content (AvgIpc) is 2.87. The SMILES string of the molecule is CNC(=O)c1cc(OCCN[C@H](C)c2cccc3ccccc23)cc(-c2ccc(C)c(F)c2)c1. The molecule has 0 heterocycles. The molecule has 4 aromatic rings. The summed E-state index contributed by atoms with van der Waals surface area (Å²) in [6.07, 6.45) is 0. The largest absolute Gasteiger partial charge is 0.492 e. The molecule has 0 fully saturated rings. The van der Waals surface area contributed by atoms with Crippen molar-refractivity contribution in [2.45, 2.75) is 19.9 Å². The van der Waals surface area contributed by atoms with E-state index in [-0.39, 0.29) is 17.8 Å². The van der Waals surface area contributed by atoms with Crippen molar-refractivity contribution < 1.29 is 13.9 Å². The van der Waals surface area contributed by atoms with Gasteiger partial charge in [-0.3, -0.25) is 4.79 Å². The predicted molar refractivity (Wildman–Crippen MR) is 136 cm³/mol. The zero-order valence-corrected chi connectivity index (χ0v) is 19.7. The van der Waals surface area contributed by atoms with E-state index >= 15 is 0 Å². The molecule has 0 aliphatic heterocycles. The second-order valence-corrected chi connectivity index (χ2v) is 8.38. The number of aryl methyl sites for hydroxylation is 1. The van der Waals surface area contributed by atoms with Gasteiger partial charge >= 0.3 is 0 Å². The molecule has 0 aliphatic carbocycles. The fourth-order valence-corrected chi connectivity index (χ4v) is 4.08. The number of carbonyl (C=O) groups is 1. The molecule has 0 aromatic heterocycles. The highest BCUT2D eigenvalue weighted by Gasteiger charge is 2.12. The normalized spacial score (nSPS) is 11.9. The summed E-state index contributed by atoms with van der Waals surface area (Å²) in [6.45, 7) is 4.91. The van der Waals surface area contributed by atoms with E-state index < -0.39 is 0 Å². The van der Waals surface area contributed by atoms with Crippen LogP contribution in [0.25, 0.3) is 21.9 Å². The Hall–Kier alpha value is -3.70. The van der Waals surface area contributed by atoms with Gasteiger partial charge in [0.05, 0.1) is 0 Å². The van der Waals surface area contributed by atoms with Crippen LogP contribution < -0.4 is 15.4 Å². The molecule has 174 valence electrons. The van der Waals surface area contributed by atoms with Crippen LogP contribution in [0.1, 0.15) is 34.5 Å². The van der Waals surface area contributed by atoms with Crippen LogP contribution in [0.5, 0.6) is 5.75 Å². The number of halogens is 1. The van der Waals surface area contributed by atoms with Crippen molar-refractivity contribution in [1.29, 1.82) is 0 Å². The molecule has 4 aromatic carbocycles. The van der Waals surface area contributed by atoms with Crippen molar-refractivity contribution >= 4 is 16.7 Å². The molecule has 0 spiro atoms. The summed E-state index contributed by atoms with van der Waals surface area (Å²) in [4.78, 5) is 12.3. The van der Waals surface area contributed by atoms with Gasteiger partial charge in [0.2, 0.25) is 0 Å². The summed E-state index contributed by atoms with van der Waals surface area (Å²) in [5.41, 5.74) is 3.71. The zero-order valence-electron chi connectivity index (χ0n) is 19.7. The fourth-order valence-electron chi connectivity index (χ4n) is 4.08. The summed E-state index contributed by atoms with van der Waals surface area (Å²) in [6, 6.07) is 25.2. The van der Waals surface area contributed by atoms with Gasteiger partial charge in [-0.15, -0.1) is 0 Å². The highest BCUT2D eigenvalue weighted by molar-refractivity contribution is 5.96. The maximum absolute atomic E-state index is 14.1. The van der Waals surface area contributed by atoms with Gasteiger partial charge in [-0.05, 0) is 71.1 Å². The first-order valence-corrected chi connectivity index (χ1v) is 11.4. The molecule has 1 atom stereocenters. The summed E-state index contributed by atoms with van der Waals surface area (Å²) < 4.78 is 20.1. The lowest BCUT2D eigenvalue weighted by Crippen LogP contribution is -2.24. The lowest BCUT2D eigenvalue weighted by Gasteiger charge is -2.17. The molecule has 1 amide bonds. The third-order valence-electron chi connectivity index (χ3n) is 6.01. The Kier molecular flexibility index (Phi) is 7.24. The number of hydrogen-bond donors (Lipinski definition) is 2. The summed E-state index contributed by atoms with van der Waals surface area (Å²) in [5, 5.41) is 8.61. The van der Waals surface area contributed by atoms with Gasteiger partial charge in [0.25, 0.3) is 5.91 Å². The Morgan fingerprint density at radius 3 is 2.56 bits per heavy atom. The number of fused-ring (bicyclic) bond motifs is 1. The number of carbonyl (C=O) groups excluding carboxylic acids is 1. The average molecular weight is 457 g/mol. The number of rotatable bonds is 8. The van der Waals surface area contributed by atoms with Crippen LogP contribution in [0.15, 0.2) is 78.9 Å². The molecular formula is C29H29FN2O2. The Morgan fingerprint density at radius 1 is 0.971 bits per heavy atom. The van der Waals surface area contributed by atoms with Crippen molar-refractivity contribution in [1.82, 2.24) is 10.6 Å². The number of hydrogen-bond acceptors (Lipinski definition) is 3. The van der Waals surface area contributed by atoms with Crippen LogP contribution in [-0.4, -0.2) is 26.1 Å². The predicted octanol–water partition coefficient (Wildman–Crippen LogP) is 6.04. The number of ether oxygens (including phenoxy) is 1. The first kappa shape index (κ1) is 23.5. The lowest BCUT2D eigenvalue weighted by atomic mass is 10.00. The van der Waals surface area contributed by atoms with Crippen LogP contribution in [0, 0.1) is 12.7 Å². The molecule has 0 saturated heterocycles. The molecule has 0 bridgehead atoms. The van der Waals surface area contributed by atoms with Crippen molar-refractivity contribution in [3.05, 3.63) is 101 Å². The van der Waals surface area contributed by atoms with Crippen molar-refractivity contribution in [3.63, 3.8) is 0 Å². The van der Waals surface area contributed by atoms with Crippen molar-refractivity contribution in [2.75, 3.05) is 20.2 Å². The van der Waals surface area contributed by atoms with Gasteiger partial charge in [-0.1, -0.05) is 54.6 Å². The number of nitrogens with one attached hydrogen (secondary N) is 2. The summed E-state index contributed by atoms with van der Waals surface area (Å²) in [7, 11) is 1.58. The Balaban J connectivity index is 1.46. The highest BCUT2D eigenvalue weighted by Crippen LogP contribution is 2.28. The smallest absolute Gasteiger partial charge is 0.251 e. The first-order valence-electron chi connectivity index (χ1n) is 11.4. The fraction of sp³-hybridized carbons (Fsp3) is 0.207. The van der Waals surface area contributed by atoms with Crippen molar-refractivity contribution in [2.24, 2.45) is 0 Å². The van der Waals surface area contributed by atoms with Crippen LogP contribution in [-0.2, 0) is 0 Å². The van der Waals surface area contributed by atoms with E-state index in [0.717, 1.165) is 5.56 Å². The minimum absolute atomic E-state index is 0.151. The standard InChI is InChI=1S/C29H29FN2O2/c1-19-11-12-22(18-28(19)30)23-15-24(29(33)31-3)17-25(16-23)34-14-13-32-20(2)26-10-6-8-21-7-4-5-9-27(21)26/h4-12,15-18,20,32H,13-14H2,1-3H3,(H,31,33)/t20-/m1/s1. The maximum Gasteiger partial charge on any atom is 0.251 e. The van der Waals surface area contributed by atoms with Crippen LogP contribution in [0.4, 0.5) is 4.39 Å². The Morgan fingerprint density at radius 2 is 1.76 bits per heavy atom. The third kappa shape index (κ3) is 5.26. The van der Waals surface area contributed by atoms with Crippen LogP contribution in [0.2, 0.25) is 0 Å². The van der Waals surface area contributed by atoms with E-state index in [0.29, 0.717) is 35.6 Å². The molecule has 5 heteroatoms. The summed E-state index contributed by atoms with van der Waals surface area (Å²) in [5.74, 6) is 0.0654. The van der Waals surface area contributed by atoms with Gasteiger partial charge in [0, 0.05) is 25.2 Å². The van der Waals surface area contributed by atoms with Crippen LogP contribution in [0.3, 0.4) is 0 Å². The second kappa shape index (κ2) is 10.5. The van der Waals surface area contributed by atoms with E-state index in [9.17, 15) is 9.18 Å². The minimum Gasteiger partial charge on any atom is -0.492 e. The molecule has 2 N–H and O–H groups in total. The van der Waals surface area contributed by atoms with Gasteiger partial charge in [0.1, 0.15) is 18.2 Å².